The third kappa shape index (κ3) is 3.17. The average Bonchev–Trinajstić information content (AvgIpc) is 2.47. The zero-order chi connectivity index (χ0) is 15.4. The molecule has 1 aromatic carbocycles. The predicted molar refractivity (Wildman–Crippen MR) is 76.9 cm³/mol. The van der Waals surface area contributed by atoms with E-state index >= 15 is 0 Å². The van der Waals surface area contributed by atoms with Crippen LogP contribution in [-0.2, 0) is 0 Å². The first-order chi connectivity index (χ1) is 10.0. The Bertz CT molecular complexity index is 698. The van der Waals surface area contributed by atoms with Crippen molar-refractivity contribution < 1.29 is 19.4 Å². The van der Waals surface area contributed by atoms with Crippen LogP contribution in [0.25, 0.3) is 0 Å². The molecular weight excluding hydrogens is 272 g/mol. The van der Waals surface area contributed by atoms with Gasteiger partial charge in [0.2, 0.25) is 0 Å². The van der Waals surface area contributed by atoms with E-state index in [-0.39, 0.29) is 11.4 Å². The fourth-order valence-electron chi connectivity index (χ4n) is 1.87. The molecule has 1 aromatic heterocycles. The minimum absolute atomic E-state index is 0.138. The van der Waals surface area contributed by atoms with Gasteiger partial charge in [-0.15, -0.1) is 0 Å². The van der Waals surface area contributed by atoms with E-state index in [2.05, 4.69) is 10.3 Å². The number of nitrogens with one attached hydrogen (secondary N) is 1. The summed E-state index contributed by atoms with van der Waals surface area (Å²) in [4.78, 5) is 27.1. The minimum Gasteiger partial charge on any atom is -0.496 e. The number of amides is 1. The number of rotatable bonds is 4. The van der Waals surface area contributed by atoms with Gasteiger partial charge in [0.25, 0.3) is 5.91 Å². The highest BCUT2D eigenvalue weighted by Gasteiger charge is 2.17. The van der Waals surface area contributed by atoms with Crippen LogP contribution < -0.4 is 10.1 Å². The molecule has 21 heavy (non-hydrogen) atoms. The number of nitrogens with zero attached hydrogens (tertiary/aromatic N) is 1. The lowest BCUT2D eigenvalue weighted by Gasteiger charge is -2.11. The Morgan fingerprint density at radius 1 is 1.29 bits per heavy atom. The fourth-order valence-corrected chi connectivity index (χ4v) is 1.87. The molecule has 1 amide bonds. The molecule has 2 N–H and O–H groups in total. The van der Waals surface area contributed by atoms with Crippen LogP contribution in [-0.4, -0.2) is 29.1 Å². The standard InChI is InChI=1S/C15H14N2O4/c1-9-5-6-12(21-2)10(8-9)14(18)17-11-4-3-7-16-13(11)15(19)20/h3-8H,1-2H3,(H,17,18)(H,19,20). The van der Waals surface area contributed by atoms with Gasteiger partial charge in [0.05, 0.1) is 18.4 Å². The van der Waals surface area contributed by atoms with Crippen molar-refractivity contribution in [1.29, 1.82) is 0 Å². The molecule has 0 fully saturated rings. The van der Waals surface area contributed by atoms with Crippen molar-refractivity contribution in [2.45, 2.75) is 6.92 Å². The van der Waals surface area contributed by atoms with Gasteiger partial charge in [-0.1, -0.05) is 11.6 Å². The zero-order valence-electron chi connectivity index (χ0n) is 11.6. The van der Waals surface area contributed by atoms with Crippen LogP contribution in [0.2, 0.25) is 0 Å². The summed E-state index contributed by atoms with van der Waals surface area (Å²) >= 11 is 0. The predicted octanol–water partition coefficient (Wildman–Crippen LogP) is 2.35. The van der Waals surface area contributed by atoms with Crippen molar-refractivity contribution in [3.8, 4) is 5.75 Å². The maximum absolute atomic E-state index is 12.3. The average molecular weight is 286 g/mol. The molecule has 0 bridgehead atoms. The SMILES string of the molecule is COc1ccc(C)cc1C(=O)Nc1cccnc1C(=O)O. The lowest BCUT2D eigenvalue weighted by atomic mass is 10.1. The van der Waals surface area contributed by atoms with E-state index in [1.807, 2.05) is 13.0 Å². The smallest absolute Gasteiger partial charge is 0.356 e. The van der Waals surface area contributed by atoms with Crippen LogP contribution in [0, 0.1) is 6.92 Å². The molecule has 108 valence electrons. The number of aryl methyl sites for hydroxylation is 1. The number of carboxylic acids is 1. The second-order valence-corrected chi connectivity index (χ2v) is 4.36. The van der Waals surface area contributed by atoms with Crippen LogP contribution >= 0.6 is 0 Å². The van der Waals surface area contributed by atoms with Gasteiger partial charge >= 0.3 is 5.97 Å². The maximum Gasteiger partial charge on any atom is 0.356 e. The number of carbonyl (C=O) groups is 2. The topological polar surface area (TPSA) is 88.5 Å². The molecule has 6 nitrogen and oxygen atoms in total. The second-order valence-electron chi connectivity index (χ2n) is 4.36. The monoisotopic (exact) mass is 286 g/mol. The Hall–Kier alpha value is -2.89. The fraction of sp³-hybridized carbons (Fsp3) is 0.133. The summed E-state index contributed by atoms with van der Waals surface area (Å²) in [6.07, 6.45) is 1.35. The molecule has 0 aliphatic carbocycles. The summed E-state index contributed by atoms with van der Waals surface area (Å²) in [5, 5.41) is 11.6. The van der Waals surface area contributed by atoms with Crippen LogP contribution in [0.5, 0.6) is 5.75 Å². The number of methoxy groups -OCH3 is 1. The minimum atomic E-state index is -1.21. The summed E-state index contributed by atoms with van der Waals surface area (Å²) in [6, 6.07) is 8.21. The Morgan fingerprint density at radius 2 is 2.05 bits per heavy atom. The largest absolute Gasteiger partial charge is 0.496 e. The van der Waals surface area contributed by atoms with E-state index in [1.165, 1.54) is 19.4 Å². The number of aromatic nitrogens is 1. The van der Waals surface area contributed by atoms with Crippen molar-refractivity contribution in [1.82, 2.24) is 4.98 Å². The number of carbonyl (C=O) groups excluding carboxylic acids is 1. The van der Waals surface area contributed by atoms with E-state index in [4.69, 9.17) is 9.84 Å². The summed E-state index contributed by atoms with van der Waals surface area (Å²) in [5.41, 5.74) is 1.15. The van der Waals surface area contributed by atoms with Crippen LogP contribution in [0.1, 0.15) is 26.4 Å². The van der Waals surface area contributed by atoms with E-state index in [0.717, 1.165) is 5.56 Å². The summed E-state index contributed by atoms with van der Waals surface area (Å²) in [5.74, 6) is -1.24. The first kappa shape index (κ1) is 14.5. The second kappa shape index (κ2) is 6.04. The van der Waals surface area contributed by atoms with Gasteiger partial charge in [0.1, 0.15) is 5.75 Å². The summed E-state index contributed by atoms with van der Waals surface area (Å²) in [6.45, 7) is 1.85. The highest BCUT2D eigenvalue weighted by Crippen LogP contribution is 2.22. The molecule has 0 saturated heterocycles. The van der Waals surface area contributed by atoms with Gasteiger partial charge < -0.3 is 15.2 Å². The molecule has 6 heteroatoms. The third-order valence-corrected chi connectivity index (χ3v) is 2.86. The van der Waals surface area contributed by atoms with Gasteiger partial charge in [-0.2, -0.15) is 0 Å². The lowest BCUT2D eigenvalue weighted by molar-refractivity contribution is 0.0691. The molecule has 0 aliphatic heterocycles. The van der Waals surface area contributed by atoms with Crippen molar-refractivity contribution >= 4 is 17.6 Å². The normalized spacial score (nSPS) is 10.0. The number of pyridine rings is 1. The van der Waals surface area contributed by atoms with Crippen molar-refractivity contribution in [3.63, 3.8) is 0 Å². The van der Waals surface area contributed by atoms with Gasteiger partial charge in [-0.25, -0.2) is 9.78 Å². The van der Waals surface area contributed by atoms with Gasteiger partial charge in [0.15, 0.2) is 5.69 Å². The molecule has 1 heterocycles. The summed E-state index contributed by atoms with van der Waals surface area (Å²) < 4.78 is 5.14. The molecule has 0 unspecified atom stereocenters. The van der Waals surface area contributed by atoms with Crippen LogP contribution in [0.3, 0.4) is 0 Å². The van der Waals surface area contributed by atoms with E-state index in [1.54, 1.807) is 18.2 Å². The van der Waals surface area contributed by atoms with Crippen LogP contribution in [0.4, 0.5) is 5.69 Å². The first-order valence-corrected chi connectivity index (χ1v) is 6.17. The lowest BCUT2D eigenvalue weighted by Crippen LogP contribution is -2.16. The number of hydrogen-bond acceptors (Lipinski definition) is 4. The molecule has 0 atom stereocenters. The molecule has 0 aliphatic rings. The molecule has 0 saturated carbocycles. The third-order valence-electron chi connectivity index (χ3n) is 2.86. The van der Waals surface area contributed by atoms with E-state index in [9.17, 15) is 9.59 Å². The molecule has 2 rings (SSSR count). The first-order valence-electron chi connectivity index (χ1n) is 6.17. The highest BCUT2D eigenvalue weighted by atomic mass is 16.5. The number of aromatic carboxylic acids is 1. The van der Waals surface area contributed by atoms with Gasteiger partial charge in [-0.05, 0) is 31.2 Å². The highest BCUT2D eigenvalue weighted by molar-refractivity contribution is 6.08. The molecule has 0 radical (unpaired) electrons. The molecular formula is C15H14N2O4. The Kier molecular flexibility index (Phi) is 4.18. The van der Waals surface area contributed by atoms with Crippen molar-refractivity contribution in [3.05, 3.63) is 53.3 Å². The number of benzene rings is 1. The quantitative estimate of drug-likeness (QED) is 0.900. The maximum atomic E-state index is 12.3. The van der Waals surface area contributed by atoms with Crippen LogP contribution in [0.15, 0.2) is 36.5 Å². The van der Waals surface area contributed by atoms with Gasteiger partial charge in [-0.3, -0.25) is 4.79 Å². The number of carboxylic acid groups (broad SMARTS) is 1. The Balaban J connectivity index is 2.35. The zero-order valence-corrected chi connectivity index (χ0v) is 11.6. The Morgan fingerprint density at radius 3 is 2.71 bits per heavy atom. The van der Waals surface area contributed by atoms with Crippen molar-refractivity contribution in [2.75, 3.05) is 12.4 Å². The van der Waals surface area contributed by atoms with E-state index in [0.29, 0.717) is 11.3 Å². The van der Waals surface area contributed by atoms with E-state index < -0.39 is 11.9 Å². The molecule has 2 aromatic rings. The summed E-state index contributed by atoms with van der Waals surface area (Å²) in [7, 11) is 1.47. The molecule has 0 spiro atoms. The number of hydrogen-bond donors (Lipinski definition) is 2. The Labute approximate surface area is 121 Å². The number of anilines is 1. The van der Waals surface area contributed by atoms with Gasteiger partial charge in [0, 0.05) is 6.20 Å². The number of ether oxygens (including phenoxy) is 1. The van der Waals surface area contributed by atoms with Crippen molar-refractivity contribution in [2.24, 2.45) is 0 Å².